The molecule has 0 aliphatic carbocycles. The molecule has 2 N–H and O–H groups in total. The van der Waals surface area contributed by atoms with E-state index in [0.717, 1.165) is 41.7 Å². The van der Waals surface area contributed by atoms with E-state index in [1.54, 1.807) is 0 Å². The van der Waals surface area contributed by atoms with Crippen LogP contribution in [0.5, 0.6) is 0 Å². The quantitative estimate of drug-likeness (QED) is 0.877. The summed E-state index contributed by atoms with van der Waals surface area (Å²) in [5.74, 6) is 0. The SMILES string of the molecule is Cc1nn(C)c(CC2(CO)CCCN2)c1Br. The number of aliphatic hydroxyl groups excluding tert-OH is 1. The lowest BCUT2D eigenvalue weighted by Crippen LogP contribution is -2.45. The van der Waals surface area contributed by atoms with Gasteiger partial charge in [0, 0.05) is 19.0 Å². The molecule has 16 heavy (non-hydrogen) atoms. The van der Waals surface area contributed by atoms with Gasteiger partial charge in [-0.3, -0.25) is 4.68 Å². The smallest absolute Gasteiger partial charge is 0.0738 e. The van der Waals surface area contributed by atoms with Gasteiger partial charge in [0.1, 0.15) is 0 Å². The normalized spacial score (nSPS) is 25.2. The average Bonchev–Trinajstić information content (AvgIpc) is 2.81. The van der Waals surface area contributed by atoms with Crippen LogP contribution in [0.4, 0.5) is 0 Å². The molecule has 1 aliphatic heterocycles. The molecule has 0 aromatic carbocycles. The van der Waals surface area contributed by atoms with E-state index >= 15 is 0 Å². The number of rotatable bonds is 3. The Labute approximate surface area is 104 Å². The molecule has 5 heteroatoms. The van der Waals surface area contributed by atoms with Gasteiger partial charge >= 0.3 is 0 Å². The minimum absolute atomic E-state index is 0.150. The highest BCUT2D eigenvalue weighted by Gasteiger charge is 2.34. The fraction of sp³-hybridized carbons (Fsp3) is 0.727. The summed E-state index contributed by atoms with van der Waals surface area (Å²) in [5.41, 5.74) is 2.01. The van der Waals surface area contributed by atoms with Crippen molar-refractivity contribution in [1.29, 1.82) is 0 Å². The van der Waals surface area contributed by atoms with Crippen LogP contribution in [-0.2, 0) is 13.5 Å². The Kier molecular flexibility index (Phi) is 3.37. The molecular weight excluding hydrogens is 270 g/mol. The minimum Gasteiger partial charge on any atom is -0.394 e. The summed E-state index contributed by atoms with van der Waals surface area (Å²) in [6, 6.07) is 0. The first-order valence-corrected chi connectivity index (χ1v) is 6.41. The second-order valence-corrected chi connectivity index (χ2v) is 5.41. The first-order chi connectivity index (χ1) is 7.58. The maximum atomic E-state index is 9.56. The van der Waals surface area contributed by atoms with Gasteiger partial charge in [-0.15, -0.1) is 0 Å². The number of aliphatic hydroxyl groups is 1. The van der Waals surface area contributed by atoms with Crippen LogP contribution in [0, 0.1) is 6.92 Å². The second kappa shape index (κ2) is 4.47. The maximum Gasteiger partial charge on any atom is 0.0738 e. The average molecular weight is 288 g/mol. The summed E-state index contributed by atoms with van der Waals surface area (Å²) in [4.78, 5) is 0. The molecule has 0 amide bonds. The fourth-order valence-electron chi connectivity index (χ4n) is 2.40. The number of aromatic nitrogens is 2. The predicted molar refractivity (Wildman–Crippen MR) is 66.4 cm³/mol. The lowest BCUT2D eigenvalue weighted by molar-refractivity contribution is 0.175. The molecule has 1 aromatic rings. The van der Waals surface area contributed by atoms with Gasteiger partial charge in [0.05, 0.1) is 22.5 Å². The summed E-state index contributed by atoms with van der Waals surface area (Å²) in [6.07, 6.45) is 2.98. The molecule has 2 heterocycles. The fourth-order valence-corrected chi connectivity index (χ4v) is 2.88. The van der Waals surface area contributed by atoms with Gasteiger partial charge in [-0.25, -0.2) is 0 Å². The van der Waals surface area contributed by atoms with E-state index in [1.807, 2.05) is 18.7 Å². The van der Waals surface area contributed by atoms with Gasteiger partial charge < -0.3 is 10.4 Å². The van der Waals surface area contributed by atoms with Crippen LogP contribution >= 0.6 is 15.9 Å². The van der Waals surface area contributed by atoms with Crippen molar-refractivity contribution in [3.63, 3.8) is 0 Å². The van der Waals surface area contributed by atoms with Gasteiger partial charge in [-0.1, -0.05) is 0 Å². The molecule has 90 valence electrons. The summed E-state index contributed by atoms with van der Waals surface area (Å²) < 4.78 is 2.97. The Morgan fingerprint density at radius 3 is 2.81 bits per heavy atom. The zero-order chi connectivity index (χ0) is 11.8. The molecule has 0 spiro atoms. The highest BCUT2D eigenvalue weighted by molar-refractivity contribution is 9.10. The molecule has 4 nitrogen and oxygen atoms in total. The van der Waals surface area contributed by atoms with E-state index in [2.05, 4.69) is 26.3 Å². The van der Waals surface area contributed by atoms with Crippen LogP contribution in [0.3, 0.4) is 0 Å². The van der Waals surface area contributed by atoms with Crippen molar-refractivity contribution in [2.75, 3.05) is 13.2 Å². The van der Waals surface area contributed by atoms with Gasteiger partial charge in [0.15, 0.2) is 0 Å². The van der Waals surface area contributed by atoms with Crippen molar-refractivity contribution in [2.24, 2.45) is 7.05 Å². The van der Waals surface area contributed by atoms with E-state index in [-0.39, 0.29) is 12.1 Å². The van der Waals surface area contributed by atoms with Gasteiger partial charge in [-0.05, 0) is 42.2 Å². The highest BCUT2D eigenvalue weighted by Crippen LogP contribution is 2.28. The second-order valence-electron chi connectivity index (χ2n) is 4.62. The van der Waals surface area contributed by atoms with E-state index < -0.39 is 0 Å². The van der Waals surface area contributed by atoms with Gasteiger partial charge in [-0.2, -0.15) is 5.10 Å². The van der Waals surface area contributed by atoms with Crippen LogP contribution in [0.15, 0.2) is 4.47 Å². The zero-order valence-corrected chi connectivity index (χ0v) is 11.3. The number of halogens is 1. The molecule has 1 unspecified atom stereocenters. The van der Waals surface area contributed by atoms with Crippen molar-refractivity contribution in [1.82, 2.24) is 15.1 Å². The van der Waals surface area contributed by atoms with Crippen molar-refractivity contribution >= 4 is 15.9 Å². The van der Waals surface area contributed by atoms with Crippen molar-refractivity contribution in [2.45, 2.75) is 31.7 Å². The Morgan fingerprint density at radius 1 is 1.62 bits per heavy atom. The third kappa shape index (κ3) is 2.04. The number of nitrogens with one attached hydrogen (secondary N) is 1. The summed E-state index contributed by atoms with van der Waals surface area (Å²) in [7, 11) is 1.95. The van der Waals surface area contributed by atoms with Crippen LogP contribution in [-0.4, -0.2) is 33.6 Å². The van der Waals surface area contributed by atoms with E-state index in [0.29, 0.717) is 0 Å². The topological polar surface area (TPSA) is 50.1 Å². The molecule has 0 saturated carbocycles. The molecule has 1 atom stereocenters. The van der Waals surface area contributed by atoms with Gasteiger partial charge in [0.25, 0.3) is 0 Å². The van der Waals surface area contributed by atoms with E-state index in [1.165, 1.54) is 0 Å². The molecular formula is C11H18BrN3O. The predicted octanol–water partition coefficient (Wildman–Crippen LogP) is 1.15. The number of aryl methyl sites for hydroxylation is 2. The van der Waals surface area contributed by atoms with Crippen molar-refractivity contribution in [3.8, 4) is 0 Å². The van der Waals surface area contributed by atoms with E-state index in [4.69, 9.17) is 0 Å². The third-order valence-electron chi connectivity index (χ3n) is 3.40. The van der Waals surface area contributed by atoms with Crippen LogP contribution in [0.2, 0.25) is 0 Å². The molecule has 1 saturated heterocycles. The number of hydrogen-bond donors (Lipinski definition) is 2. The Balaban J connectivity index is 2.25. The van der Waals surface area contributed by atoms with Crippen LogP contribution in [0.1, 0.15) is 24.2 Å². The summed E-state index contributed by atoms with van der Waals surface area (Å²) in [5, 5.41) is 17.4. The van der Waals surface area contributed by atoms with Crippen LogP contribution in [0.25, 0.3) is 0 Å². The first kappa shape index (κ1) is 12.1. The Morgan fingerprint density at radius 2 is 2.38 bits per heavy atom. The van der Waals surface area contributed by atoms with Crippen molar-refractivity contribution in [3.05, 3.63) is 15.9 Å². The monoisotopic (exact) mass is 287 g/mol. The van der Waals surface area contributed by atoms with Crippen LogP contribution < -0.4 is 5.32 Å². The molecule has 2 rings (SSSR count). The summed E-state index contributed by atoms with van der Waals surface area (Å²) in [6.45, 7) is 3.17. The molecule has 1 aliphatic rings. The van der Waals surface area contributed by atoms with Crippen molar-refractivity contribution < 1.29 is 5.11 Å². The molecule has 0 radical (unpaired) electrons. The standard InChI is InChI=1S/C11H18BrN3O/c1-8-10(12)9(15(2)14-8)6-11(7-16)4-3-5-13-11/h13,16H,3-7H2,1-2H3. The molecule has 1 aromatic heterocycles. The van der Waals surface area contributed by atoms with Gasteiger partial charge in [0.2, 0.25) is 0 Å². The Bertz CT molecular complexity index is 383. The molecule has 1 fully saturated rings. The molecule has 0 bridgehead atoms. The third-order valence-corrected chi connectivity index (χ3v) is 4.43. The zero-order valence-electron chi connectivity index (χ0n) is 9.76. The minimum atomic E-state index is -0.150. The van der Waals surface area contributed by atoms with E-state index in [9.17, 15) is 5.11 Å². The lowest BCUT2D eigenvalue weighted by atomic mass is 9.92. The number of hydrogen-bond acceptors (Lipinski definition) is 3. The highest BCUT2D eigenvalue weighted by atomic mass is 79.9. The lowest BCUT2D eigenvalue weighted by Gasteiger charge is -2.27. The Hall–Kier alpha value is -0.390. The summed E-state index contributed by atoms with van der Waals surface area (Å²) >= 11 is 3.57. The largest absolute Gasteiger partial charge is 0.394 e. The number of nitrogens with zero attached hydrogens (tertiary/aromatic N) is 2. The maximum absolute atomic E-state index is 9.56. The first-order valence-electron chi connectivity index (χ1n) is 5.62.